The highest BCUT2D eigenvalue weighted by molar-refractivity contribution is 6.11. The number of para-hydroxylation sites is 1. The van der Waals surface area contributed by atoms with Gasteiger partial charge in [0.1, 0.15) is 6.04 Å². The second-order valence-electron chi connectivity index (χ2n) is 6.56. The van der Waals surface area contributed by atoms with Gasteiger partial charge in [-0.25, -0.2) is 4.79 Å². The van der Waals surface area contributed by atoms with E-state index < -0.39 is 12.0 Å². The highest BCUT2D eigenvalue weighted by atomic mass is 16.4. The van der Waals surface area contributed by atoms with Crippen molar-refractivity contribution < 1.29 is 19.5 Å². The Hall–Kier alpha value is -3.15. The molecule has 1 fully saturated rings. The molecule has 0 aliphatic carbocycles. The number of hydrogen-bond acceptors (Lipinski definition) is 3. The SMILES string of the molecule is O=C(O)c1ccccc1CN1C(=O)[C@@H]2CCCN2C(=O)c2ccccc21. The fourth-order valence-corrected chi connectivity index (χ4v) is 3.81. The molecule has 0 aromatic heterocycles. The van der Waals surface area contributed by atoms with E-state index in [9.17, 15) is 19.5 Å². The van der Waals surface area contributed by atoms with Gasteiger partial charge in [-0.05, 0) is 36.6 Å². The van der Waals surface area contributed by atoms with Gasteiger partial charge in [0.2, 0.25) is 5.91 Å². The zero-order valence-electron chi connectivity index (χ0n) is 14.1. The molecule has 0 spiro atoms. The van der Waals surface area contributed by atoms with Gasteiger partial charge in [-0.3, -0.25) is 9.59 Å². The fourth-order valence-electron chi connectivity index (χ4n) is 3.81. The van der Waals surface area contributed by atoms with E-state index in [0.717, 1.165) is 6.42 Å². The molecule has 0 unspecified atom stereocenters. The summed E-state index contributed by atoms with van der Waals surface area (Å²) in [6, 6.07) is 13.2. The lowest BCUT2D eigenvalue weighted by molar-refractivity contribution is -0.122. The van der Waals surface area contributed by atoms with Crippen LogP contribution in [-0.4, -0.2) is 40.4 Å². The van der Waals surface area contributed by atoms with E-state index >= 15 is 0 Å². The molecule has 2 aliphatic rings. The average Bonchev–Trinajstić information content (AvgIpc) is 3.12. The number of hydrogen-bond donors (Lipinski definition) is 1. The van der Waals surface area contributed by atoms with Crippen molar-refractivity contribution in [1.29, 1.82) is 0 Å². The maximum absolute atomic E-state index is 13.2. The minimum absolute atomic E-state index is 0.121. The molecule has 2 aromatic carbocycles. The molecule has 0 radical (unpaired) electrons. The lowest BCUT2D eigenvalue weighted by Crippen LogP contribution is -2.44. The third-order valence-electron chi connectivity index (χ3n) is 5.07. The Balaban J connectivity index is 1.82. The van der Waals surface area contributed by atoms with Gasteiger partial charge in [-0.15, -0.1) is 0 Å². The van der Waals surface area contributed by atoms with E-state index in [1.807, 2.05) is 0 Å². The predicted octanol–water partition coefficient (Wildman–Crippen LogP) is 2.54. The lowest BCUT2D eigenvalue weighted by atomic mass is 10.1. The summed E-state index contributed by atoms with van der Waals surface area (Å²) in [5.41, 5.74) is 1.73. The standard InChI is InChI=1S/C20H18N2O4/c23-18-15-8-3-4-9-16(15)22(19(24)17-10-5-11-21(17)18)12-13-6-1-2-7-14(13)20(25)26/h1-4,6-9,17H,5,10-12H2,(H,25,26)/t17-/m0/s1. The zero-order valence-corrected chi connectivity index (χ0v) is 14.1. The van der Waals surface area contributed by atoms with E-state index in [0.29, 0.717) is 29.8 Å². The summed E-state index contributed by atoms with van der Waals surface area (Å²) in [4.78, 5) is 40.8. The van der Waals surface area contributed by atoms with E-state index in [4.69, 9.17) is 0 Å². The number of fused-ring (bicyclic) bond motifs is 2. The Bertz CT molecular complexity index is 908. The Morgan fingerprint density at radius 3 is 2.62 bits per heavy atom. The summed E-state index contributed by atoms with van der Waals surface area (Å²) < 4.78 is 0. The van der Waals surface area contributed by atoms with Gasteiger partial charge in [0.15, 0.2) is 0 Å². The van der Waals surface area contributed by atoms with Gasteiger partial charge >= 0.3 is 5.97 Å². The number of amides is 2. The molecule has 2 aromatic rings. The van der Waals surface area contributed by atoms with E-state index in [1.165, 1.54) is 6.07 Å². The van der Waals surface area contributed by atoms with Crippen LogP contribution >= 0.6 is 0 Å². The largest absolute Gasteiger partial charge is 0.478 e. The topological polar surface area (TPSA) is 77.9 Å². The van der Waals surface area contributed by atoms with Crippen LogP contribution in [0.1, 0.15) is 39.1 Å². The second kappa shape index (κ2) is 6.29. The summed E-state index contributed by atoms with van der Waals surface area (Å²) in [7, 11) is 0. The van der Waals surface area contributed by atoms with Gasteiger partial charge < -0.3 is 14.9 Å². The Morgan fingerprint density at radius 1 is 1.08 bits per heavy atom. The lowest BCUT2D eigenvalue weighted by Gasteiger charge is -2.26. The molecule has 0 saturated carbocycles. The zero-order chi connectivity index (χ0) is 18.3. The quantitative estimate of drug-likeness (QED) is 0.923. The molecule has 4 rings (SSSR count). The van der Waals surface area contributed by atoms with Crippen LogP contribution in [0.25, 0.3) is 0 Å². The molecular formula is C20H18N2O4. The fraction of sp³-hybridized carbons (Fsp3) is 0.250. The number of carboxylic acid groups (broad SMARTS) is 1. The second-order valence-corrected chi connectivity index (χ2v) is 6.56. The smallest absolute Gasteiger partial charge is 0.336 e. The third-order valence-corrected chi connectivity index (χ3v) is 5.07. The molecule has 1 N–H and O–H groups in total. The molecule has 6 nitrogen and oxygen atoms in total. The molecule has 1 atom stereocenters. The summed E-state index contributed by atoms with van der Waals surface area (Å²) in [5, 5.41) is 9.44. The van der Waals surface area contributed by atoms with Crippen LogP contribution in [0.4, 0.5) is 5.69 Å². The molecule has 0 bridgehead atoms. The average molecular weight is 350 g/mol. The van der Waals surface area contributed by atoms with Crippen LogP contribution in [0.15, 0.2) is 48.5 Å². The van der Waals surface area contributed by atoms with Crippen molar-refractivity contribution in [3.63, 3.8) is 0 Å². The first-order valence-corrected chi connectivity index (χ1v) is 8.60. The highest BCUT2D eigenvalue weighted by Gasteiger charge is 2.41. The molecule has 6 heteroatoms. The maximum atomic E-state index is 13.2. The first-order chi connectivity index (χ1) is 12.6. The van der Waals surface area contributed by atoms with Crippen molar-refractivity contribution in [2.45, 2.75) is 25.4 Å². The predicted molar refractivity (Wildman–Crippen MR) is 95.1 cm³/mol. The van der Waals surface area contributed by atoms with Crippen molar-refractivity contribution in [1.82, 2.24) is 4.90 Å². The first-order valence-electron chi connectivity index (χ1n) is 8.60. The van der Waals surface area contributed by atoms with Crippen LogP contribution in [-0.2, 0) is 11.3 Å². The summed E-state index contributed by atoms with van der Waals surface area (Å²) in [6.45, 7) is 0.694. The molecular weight excluding hydrogens is 332 g/mol. The number of nitrogens with zero attached hydrogens (tertiary/aromatic N) is 2. The highest BCUT2D eigenvalue weighted by Crippen LogP contribution is 2.33. The van der Waals surface area contributed by atoms with Crippen molar-refractivity contribution >= 4 is 23.5 Å². The minimum Gasteiger partial charge on any atom is -0.478 e. The first kappa shape index (κ1) is 16.3. The van der Waals surface area contributed by atoms with Crippen molar-refractivity contribution in [2.24, 2.45) is 0 Å². The van der Waals surface area contributed by atoms with Crippen LogP contribution in [0.3, 0.4) is 0 Å². The van der Waals surface area contributed by atoms with Crippen LogP contribution in [0.5, 0.6) is 0 Å². The van der Waals surface area contributed by atoms with E-state index in [1.54, 1.807) is 52.3 Å². The van der Waals surface area contributed by atoms with Crippen LogP contribution < -0.4 is 4.90 Å². The van der Waals surface area contributed by atoms with Gasteiger partial charge in [-0.1, -0.05) is 30.3 Å². The number of aromatic carboxylic acids is 1. The number of rotatable bonds is 3. The molecule has 26 heavy (non-hydrogen) atoms. The molecule has 1 saturated heterocycles. The molecule has 132 valence electrons. The Kier molecular flexibility index (Phi) is 3.95. The number of carboxylic acids is 1. The Morgan fingerprint density at radius 2 is 1.81 bits per heavy atom. The maximum Gasteiger partial charge on any atom is 0.336 e. The van der Waals surface area contributed by atoms with Gasteiger partial charge in [0.25, 0.3) is 5.91 Å². The van der Waals surface area contributed by atoms with Gasteiger partial charge in [-0.2, -0.15) is 0 Å². The van der Waals surface area contributed by atoms with Crippen LogP contribution in [0, 0.1) is 0 Å². The molecule has 2 heterocycles. The van der Waals surface area contributed by atoms with Crippen molar-refractivity contribution in [3.05, 3.63) is 65.2 Å². The molecule has 2 amide bonds. The van der Waals surface area contributed by atoms with Crippen molar-refractivity contribution in [2.75, 3.05) is 11.4 Å². The third kappa shape index (κ3) is 2.54. The van der Waals surface area contributed by atoms with Gasteiger partial charge in [0, 0.05) is 6.54 Å². The number of anilines is 1. The van der Waals surface area contributed by atoms with Crippen molar-refractivity contribution in [3.8, 4) is 0 Å². The number of carbonyl (C=O) groups is 3. The van der Waals surface area contributed by atoms with E-state index in [-0.39, 0.29) is 23.9 Å². The monoisotopic (exact) mass is 350 g/mol. The number of benzene rings is 2. The summed E-state index contributed by atoms with van der Waals surface area (Å²) in [6.07, 6.45) is 1.43. The normalized spacial score (nSPS) is 19.2. The molecule has 2 aliphatic heterocycles. The summed E-state index contributed by atoms with van der Waals surface area (Å²) in [5.74, 6) is -1.32. The number of carbonyl (C=O) groups excluding carboxylic acids is 2. The summed E-state index contributed by atoms with van der Waals surface area (Å²) >= 11 is 0. The Labute approximate surface area is 150 Å². The van der Waals surface area contributed by atoms with Crippen LogP contribution in [0.2, 0.25) is 0 Å². The van der Waals surface area contributed by atoms with E-state index in [2.05, 4.69) is 0 Å². The van der Waals surface area contributed by atoms with Gasteiger partial charge in [0.05, 0.1) is 23.4 Å². The minimum atomic E-state index is -1.03.